The number of aryl methyl sites for hydroxylation is 1. The highest BCUT2D eigenvalue weighted by Gasteiger charge is 2.15. The minimum atomic E-state index is -0.547. The van der Waals surface area contributed by atoms with Crippen molar-refractivity contribution in [1.82, 2.24) is 5.32 Å². The summed E-state index contributed by atoms with van der Waals surface area (Å²) in [7, 11) is 3.14. The summed E-state index contributed by atoms with van der Waals surface area (Å²) in [5.74, 6) is 0.447. The molecule has 0 fully saturated rings. The first-order valence-electron chi connectivity index (χ1n) is 8.19. The molecule has 0 aliphatic carbocycles. The standard InChI is InChI=1S/C20H23NO5/c1-13-10-17(25-4)8-9-18(13)20(23)26-12-19(22)21-14(2)15-6-5-7-16(11-15)24-3/h5-11,14H,12H2,1-4H3,(H,21,22)/t14-/m1/s1. The molecule has 0 spiro atoms. The summed E-state index contributed by atoms with van der Waals surface area (Å²) in [6.07, 6.45) is 0. The molecule has 2 aromatic carbocycles. The Morgan fingerprint density at radius 1 is 1.04 bits per heavy atom. The molecule has 2 rings (SSSR count). The van der Waals surface area contributed by atoms with Gasteiger partial charge < -0.3 is 19.5 Å². The number of hydrogen-bond acceptors (Lipinski definition) is 5. The van der Waals surface area contributed by atoms with Crippen molar-refractivity contribution in [1.29, 1.82) is 0 Å². The molecule has 138 valence electrons. The number of methoxy groups -OCH3 is 2. The van der Waals surface area contributed by atoms with Gasteiger partial charge in [-0.1, -0.05) is 12.1 Å². The fourth-order valence-electron chi connectivity index (χ4n) is 2.48. The van der Waals surface area contributed by atoms with Gasteiger partial charge in [0, 0.05) is 0 Å². The second-order valence-electron chi connectivity index (χ2n) is 5.82. The third kappa shape index (κ3) is 4.99. The van der Waals surface area contributed by atoms with Crippen LogP contribution in [0.1, 0.15) is 34.5 Å². The number of rotatable bonds is 7. The van der Waals surface area contributed by atoms with Gasteiger partial charge in [-0.05, 0) is 55.3 Å². The Morgan fingerprint density at radius 3 is 2.38 bits per heavy atom. The molecule has 26 heavy (non-hydrogen) atoms. The molecule has 0 heterocycles. The molecule has 1 N–H and O–H groups in total. The largest absolute Gasteiger partial charge is 0.497 e. The second-order valence-corrected chi connectivity index (χ2v) is 5.82. The number of ether oxygens (including phenoxy) is 3. The molecule has 0 aliphatic rings. The van der Waals surface area contributed by atoms with E-state index in [0.717, 1.165) is 11.1 Å². The molecular weight excluding hydrogens is 334 g/mol. The smallest absolute Gasteiger partial charge is 0.338 e. The lowest BCUT2D eigenvalue weighted by atomic mass is 10.1. The molecular formula is C20H23NO5. The molecule has 0 bridgehead atoms. The van der Waals surface area contributed by atoms with E-state index in [1.54, 1.807) is 39.3 Å². The molecule has 1 amide bonds. The van der Waals surface area contributed by atoms with Crippen LogP contribution in [-0.2, 0) is 9.53 Å². The zero-order valence-corrected chi connectivity index (χ0v) is 15.4. The number of esters is 1. The highest BCUT2D eigenvalue weighted by Crippen LogP contribution is 2.19. The zero-order valence-electron chi connectivity index (χ0n) is 15.4. The molecule has 0 aliphatic heterocycles. The van der Waals surface area contributed by atoms with Gasteiger partial charge in [-0.2, -0.15) is 0 Å². The normalized spacial score (nSPS) is 11.4. The van der Waals surface area contributed by atoms with Crippen molar-refractivity contribution < 1.29 is 23.8 Å². The van der Waals surface area contributed by atoms with E-state index in [1.165, 1.54) is 0 Å². The van der Waals surface area contributed by atoms with Gasteiger partial charge in [-0.25, -0.2) is 4.79 Å². The summed E-state index contributed by atoms with van der Waals surface area (Å²) in [6.45, 7) is 3.28. The molecule has 0 saturated heterocycles. The molecule has 2 aromatic rings. The Hall–Kier alpha value is -3.02. The van der Waals surface area contributed by atoms with Gasteiger partial charge in [0.15, 0.2) is 6.61 Å². The van der Waals surface area contributed by atoms with Crippen molar-refractivity contribution in [3.8, 4) is 11.5 Å². The van der Waals surface area contributed by atoms with Crippen LogP contribution in [0.3, 0.4) is 0 Å². The third-order valence-corrected chi connectivity index (χ3v) is 3.96. The fourth-order valence-corrected chi connectivity index (χ4v) is 2.48. The number of benzene rings is 2. The molecule has 0 saturated carbocycles. The van der Waals surface area contributed by atoms with Gasteiger partial charge in [-0.15, -0.1) is 0 Å². The summed E-state index contributed by atoms with van der Waals surface area (Å²) in [6, 6.07) is 12.2. The van der Waals surface area contributed by atoms with Crippen molar-refractivity contribution in [2.24, 2.45) is 0 Å². The van der Waals surface area contributed by atoms with Gasteiger partial charge in [0.2, 0.25) is 0 Å². The Kier molecular flexibility index (Phi) is 6.60. The summed E-state index contributed by atoms with van der Waals surface area (Å²) in [5.41, 5.74) is 2.02. The monoisotopic (exact) mass is 357 g/mol. The maximum Gasteiger partial charge on any atom is 0.338 e. The fraction of sp³-hybridized carbons (Fsp3) is 0.300. The highest BCUT2D eigenvalue weighted by atomic mass is 16.5. The van der Waals surface area contributed by atoms with Crippen LogP contribution < -0.4 is 14.8 Å². The maximum atomic E-state index is 12.1. The zero-order chi connectivity index (χ0) is 19.1. The van der Waals surface area contributed by atoms with Gasteiger partial charge >= 0.3 is 5.97 Å². The Morgan fingerprint density at radius 2 is 1.73 bits per heavy atom. The molecule has 1 atom stereocenters. The van der Waals surface area contributed by atoms with Gasteiger partial charge in [0.05, 0.1) is 25.8 Å². The van der Waals surface area contributed by atoms with Gasteiger partial charge in [0.1, 0.15) is 11.5 Å². The van der Waals surface area contributed by atoms with Crippen molar-refractivity contribution in [2.45, 2.75) is 19.9 Å². The lowest BCUT2D eigenvalue weighted by Crippen LogP contribution is -2.31. The van der Waals surface area contributed by atoms with E-state index in [9.17, 15) is 9.59 Å². The van der Waals surface area contributed by atoms with E-state index in [0.29, 0.717) is 17.1 Å². The summed E-state index contributed by atoms with van der Waals surface area (Å²) < 4.78 is 15.4. The van der Waals surface area contributed by atoms with E-state index in [2.05, 4.69) is 5.32 Å². The Balaban J connectivity index is 1.90. The van der Waals surface area contributed by atoms with Crippen LogP contribution in [0.15, 0.2) is 42.5 Å². The predicted octanol–water partition coefficient (Wildman–Crippen LogP) is 3.05. The van der Waals surface area contributed by atoms with Crippen molar-refractivity contribution in [2.75, 3.05) is 20.8 Å². The number of carbonyl (C=O) groups excluding carboxylic acids is 2. The van der Waals surface area contributed by atoms with E-state index in [-0.39, 0.29) is 18.6 Å². The van der Waals surface area contributed by atoms with Crippen molar-refractivity contribution in [3.05, 3.63) is 59.2 Å². The van der Waals surface area contributed by atoms with Gasteiger partial charge in [0.25, 0.3) is 5.91 Å². The first-order chi connectivity index (χ1) is 12.4. The molecule has 0 aromatic heterocycles. The van der Waals surface area contributed by atoms with E-state index < -0.39 is 5.97 Å². The molecule has 6 nitrogen and oxygen atoms in total. The summed E-state index contributed by atoms with van der Waals surface area (Å²) >= 11 is 0. The van der Waals surface area contributed by atoms with E-state index in [1.807, 2.05) is 31.2 Å². The van der Waals surface area contributed by atoms with Crippen molar-refractivity contribution in [3.63, 3.8) is 0 Å². The number of nitrogens with one attached hydrogen (secondary N) is 1. The lowest BCUT2D eigenvalue weighted by Gasteiger charge is -2.15. The van der Waals surface area contributed by atoms with Crippen LogP contribution in [0.2, 0.25) is 0 Å². The van der Waals surface area contributed by atoms with Crippen LogP contribution in [-0.4, -0.2) is 32.7 Å². The van der Waals surface area contributed by atoms with Crippen LogP contribution in [0, 0.1) is 6.92 Å². The van der Waals surface area contributed by atoms with E-state index in [4.69, 9.17) is 14.2 Å². The average molecular weight is 357 g/mol. The first kappa shape index (κ1) is 19.3. The lowest BCUT2D eigenvalue weighted by molar-refractivity contribution is -0.124. The molecule has 0 radical (unpaired) electrons. The van der Waals surface area contributed by atoms with Crippen LogP contribution in [0.5, 0.6) is 11.5 Å². The Labute approximate surface area is 153 Å². The summed E-state index contributed by atoms with van der Waals surface area (Å²) in [5, 5.41) is 2.80. The van der Waals surface area contributed by atoms with Crippen LogP contribution in [0.25, 0.3) is 0 Å². The molecule has 6 heteroatoms. The highest BCUT2D eigenvalue weighted by molar-refractivity contribution is 5.92. The Bertz CT molecular complexity index is 788. The van der Waals surface area contributed by atoms with Crippen LogP contribution >= 0.6 is 0 Å². The topological polar surface area (TPSA) is 73.9 Å². The van der Waals surface area contributed by atoms with Crippen LogP contribution in [0.4, 0.5) is 0 Å². The van der Waals surface area contributed by atoms with E-state index >= 15 is 0 Å². The minimum Gasteiger partial charge on any atom is -0.497 e. The summed E-state index contributed by atoms with van der Waals surface area (Å²) in [4.78, 5) is 24.2. The number of amides is 1. The maximum absolute atomic E-state index is 12.1. The molecule has 0 unspecified atom stereocenters. The quantitative estimate of drug-likeness (QED) is 0.771. The second kappa shape index (κ2) is 8.89. The third-order valence-electron chi connectivity index (χ3n) is 3.96. The first-order valence-corrected chi connectivity index (χ1v) is 8.19. The SMILES string of the molecule is COc1cccc([C@@H](C)NC(=O)COC(=O)c2ccc(OC)cc2C)c1. The average Bonchev–Trinajstić information content (AvgIpc) is 2.65. The predicted molar refractivity (Wildman–Crippen MR) is 97.6 cm³/mol. The number of carbonyl (C=O) groups is 2. The number of hydrogen-bond donors (Lipinski definition) is 1. The minimum absolute atomic E-state index is 0.237. The van der Waals surface area contributed by atoms with Crippen molar-refractivity contribution >= 4 is 11.9 Å². The van der Waals surface area contributed by atoms with Gasteiger partial charge in [-0.3, -0.25) is 4.79 Å².